The molecule has 1 heterocycles. The van der Waals surface area contributed by atoms with Crippen molar-refractivity contribution in [3.63, 3.8) is 0 Å². The molecule has 1 saturated carbocycles. The average Bonchev–Trinajstić information content (AvgIpc) is 2.91. The van der Waals surface area contributed by atoms with Gasteiger partial charge in [-0.2, -0.15) is 5.10 Å². The Kier molecular flexibility index (Phi) is 3.30. The summed E-state index contributed by atoms with van der Waals surface area (Å²) in [7, 11) is 5.81. The number of aryl methyl sites for hydroxylation is 1. The standard InChI is InChI=1S/C12H21N3O/c1-13-11(10-6-9-14-15(10)2)12(16-3)7-4-5-8-12/h6,9,11,13H,4-5,7-8H2,1-3H3. The van der Waals surface area contributed by atoms with E-state index in [0.29, 0.717) is 0 Å². The van der Waals surface area contributed by atoms with E-state index >= 15 is 0 Å². The smallest absolute Gasteiger partial charge is 0.0887 e. The van der Waals surface area contributed by atoms with Gasteiger partial charge in [0, 0.05) is 20.4 Å². The highest BCUT2D eigenvalue weighted by molar-refractivity contribution is 5.14. The molecule has 0 radical (unpaired) electrons. The predicted molar refractivity (Wildman–Crippen MR) is 63.2 cm³/mol. The molecule has 0 amide bonds. The van der Waals surface area contributed by atoms with Crippen molar-refractivity contribution in [1.82, 2.24) is 15.1 Å². The van der Waals surface area contributed by atoms with Crippen LogP contribution in [0, 0.1) is 0 Å². The molecule has 90 valence electrons. The highest BCUT2D eigenvalue weighted by Crippen LogP contribution is 2.42. The molecule has 0 aliphatic heterocycles. The molecule has 1 N–H and O–H groups in total. The van der Waals surface area contributed by atoms with E-state index in [0.717, 1.165) is 12.8 Å². The van der Waals surface area contributed by atoms with Gasteiger partial charge in [0.2, 0.25) is 0 Å². The van der Waals surface area contributed by atoms with Crippen molar-refractivity contribution in [2.45, 2.75) is 37.3 Å². The minimum atomic E-state index is -0.0530. The molecule has 0 saturated heterocycles. The lowest BCUT2D eigenvalue weighted by molar-refractivity contribution is -0.0368. The Morgan fingerprint density at radius 2 is 2.19 bits per heavy atom. The minimum absolute atomic E-state index is 0.0530. The van der Waals surface area contributed by atoms with E-state index in [1.54, 1.807) is 0 Å². The van der Waals surface area contributed by atoms with E-state index in [1.165, 1.54) is 18.5 Å². The molecule has 4 nitrogen and oxygen atoms in total. The van der Waals surface area contributed by atoms with Crippen LogP contribution < -0.4 is 5.32 Å². The van der Waals surface area contributed by atoms with Gasteiger partial charge >= 0.3 is 0 Å². The summed E-state index contributed by atoms with van der Waals surface area (Å²) < 4.78 is 7.76. The maximum absolute atomic E-state index is 5.83. The lowest BCUT2D eigenvalue weighted by Crippen LogP contribution is -2.43. The first kappa shape index (κ1) is 11.6. The molecule has 0 spiro atoms. The Bertz CT molecular complexity index is 342. The summed E-state index contributed by atoms with van der Waals surface area (Å²) in [5.74, 6) is 0. The normalized spacial score (nSPS) is 21.2. The number of methoxy groups -OCH3 is 1. The van der Waals surface area contributed by atoms with Gasteiger partial charge in [0.25, 0.3) is 0 Å². The third-order valence-electron chi connectivity index (χ3n) is 3.83. The van der Waals surface area contributed by atoms with Gasteiger partial charge in [-0.15, -0.1) is 0 Å². The van der Waals surface area contributed by atoms with Gasteiger partial charge < -0.3 is 10.1 Å². The van der Waals surface area contributed by atoms with E-state index in [4.69, 9.17) is 4.74 Å². The summed E-state index contributed by atoms with van der Waals surface area (Å²) in [6, 6.07) is 2.30. The van der Waals surface area contributed by atoms with E-state index in [9.17, 15) is 0 Å². The molecule has 1 aliphatic carbocycles. The van der Waals surface area contributed by atoms with E-state index in [-0.39, 0.29) is 11.6 Å². The zero-order valence-electron chi connectivity index (χ0n) is 10.4. The van der Waals surface area contributed by atoms with Gasteiger partial charge in [0.15, 0.2) is 0 Å². The quantitative estimate of drug-likeness (QED) is 0.843. The van der Waals surface area contributed by atoms with Gasteiger partial charge in [-0.25, -0.2) is 0 Å². The largest absolute Gasteiger partial charge is 0.376 e. The molecule has 1 aromatic heterocycles. The minimum Gasteiger partial charge on any atom is -0.376 e. The van der Waals surface area contributed by atoms with Crippen LogP contribution in [0.5, 0.6) is 0 Å². The Morgan fingerprint density at radius 1 is 1.50 bits per heavy atom. The van der Waals surface area contributed by atoms with Gasteiger partial charge in [-0.1, -0.05) is 12.8 Å². The fourth-order valence-corrected chi connectivity index (χ4v) is 2.93. The molecule has 0 bridgehead atoms. The third-order valence-corrected chi connectivity index (χ3v) is 3.83. The van der Waals surface area contributed by atoms with Crippen LogP contribution in [-0.4, -0.2) is 29.5 Å². The summed E-state index contributed by atoms with van der Waals surface area (Å²) in [4.78, 5) is 0. The maximum atomic E-state index is 5.83. The van der Waals surface area contributed by atoms with Crippen molar-refractivity contribution in [2.75, 3.05) is 14.2 Å². The number of rotatable bonds is 4. The molecular weight excluding hydrogens is 202 g/mol. The third kappa shape index (κ3) is 1.76. The molecule has 1 fully saturated rings. The molecule has 0 aromatic carbocycles. The molecule has 1 atom stereocenters. The molecule has 1 aliphatic rings. The van der Waals surface area contributed by atoms with Gasteiger partial charge in [0.1, 0.15) is 0 Å². The number of hydrogen-bond donors (Lipinski definition) is 1. The second-order valence-electron chi connectivity index (χ2n) is 4.58. The summed E-state index contributed by atoms with van der Waals surface area (Å²) in [5, 5.41) is 7.64. The van der Waals surface area contributed by atoms with Crippen molar-refractivity contribution < 1.29 is 4.74 Å². The van der Waals surface area contributed by atoms with Gasteiger partial charge in [0.05, 0.1) is 17.3 Å². The van der Waals surface area contributed by atoms with Crippen LogP contribution in [-0.2, 0) is 11.8 Å². The summed E-state index contributed by atoms with van der Waals surface area (Å²) >= 11 is 0. The Hall–Kier alpha value is -0.870. The van der Waals surface area contributed by atoms with Crippen molar-refractivity contribution in [3.05, 3.63) is 18.0 Å². The Morgan fingerprint density at radius 3 is 2.62 bits per heavy atom. The molecular formula is C12H21N3O. The number of likely N-dealkylation sites (N-methyl/N-ethyl adjacent to an activating group) is 1. The first-order valence-electron chi connectivity index (χ1n) is 5.94. The fraction of sp³-hybridized carbons (Fsp3) is 0.750. The molecule has 2 rings (SSSR count). The number of ether oxygens (including phenoxy) is 1. The Balaban J connectivity index is 2.31. The second-order valence-corrected chi connectivity index (χ2v) is 4.58. The van der Waals surface area contributed by atoms with Crippen molar-refractivity contribution in [3.8, 4) is 0 Å². The van der Waals surface area contributed by atoms with Crippen LogP contribution in [0.25, 0.3) is 0 Å². The van der Waals surface area contributed by atoms with Crippen molar-refractivity contribution in [1.29, 1.82) is 0 Å². The monoisotopic (exact) mass is 223 g/mol. The predicted octanol–water partition coefficient (Wildman–Crippen LogP) is 1.64. The average molecular weight is 223 g/mol. The fourth-order valence-electron chi connectivity index (χ4n) is 2.93. The number of nitrogens with zero attached hydrogens (tertiary/aromatic N) is 2. The highest BCUT2D eigenvalue weighted by atomic mass is 16.5. The number of hydrogen-bond acceptors (Lipinski definition) is 3. The first-order valence-corrected chi connectivity index (χ1v) is 5.94. The van der Waals surface area contributed by atoms with Crippen LogP contribution in [0.3, 0.4) is 0 Å². The van der Waals surface area contributed by atoms with Crippen LogP contribution in [0.2, 0.25) is 0 Å². The topological polar surface area (TPSA) is 39.1 Å². The van der Waals surface area contributed by atoms with Crippen LogP contribution in [0.15, 0.2) is 12.3 Å². The van der Waals surface area contributed by atoms with Crippen molar-refractivity contribution in [2.24, 2.45) is 7.05 Å². The second kappa shape index (κ2) is 4.55. The van der Waals surface area contributed by atoms with Gasteiger partial charge in [-0.05, 0) is 26.0 Å². The zero-order chi connectivity index (χ0) is 11.6. The summed E-state index contributed by atoms with van der Waals surface area (Å²) in [6.45, 7) is 0. The van der Waals surface area contributed by atoms with E-state index in [2.05, 4.69) is 16.5 Å². The molecule has 1 unspecified atom stereocenters. The van der Waals surface area contributed by atoms with Crippen LogP contribution >= 0.6 is 0 Å². The SMILES string of the molecule is CNC(c1ccnn1C)C1(OC)CCCC1. The lowest BCUT2D eigenvalue weighted by Gasteiger charge is -2.36. The van der Waals surface area contributed by atoms with Gasteiger partial charge in [-0.3, -0.25) is 4.68 Å². The molecule has 16 heavy (non-hydrogen) atoms. The number of nitrogens with one attached hydrogen (secondary N) is 1. The van der Waals surface area contributed by atoms with Crippen molar-refractivity contribution >= 4 is 0 Å². The molecule has 4 heteroatoms. The summed E-state index contributed by atoms with van der Waals surface area (Å²) in [6.07, 6.45) is 6.60. The van der Waals surface area contributed by atoms with E-state index < -0.39 is 0 Å². The highest BCUT2D eigenvalue weighted by Gasteiger charge is 2.42. The molecule has 1 aromatic rings. The number of aromatic nitrogens is 2. The maximum Gasteiger partial charge on any atom is 0.0887 e. The lowest BCUT2D eigenvalue weighted by atomic mass is 9.89. The first-order chi connectivity index (χ1) is 7.73. The van der Waals surface area contributed by atoms with Crippen LogP contribution in [0.1, 0.15) is 37.4 Å². The Labute approximate surface area is 97.0 Å². The van der Waals surface area contributed by atoms with E-state index in [1.807, 2.05) is 32.1 Å². The summed E-state index contributed by atoms with van der Waals surface area (Å²) in [5.41, 5.74) is 1.15. The zero-order valence-corrected chi connectivity index (χ0v) is 10.4. The van der Waals surface area contributed by atoms with Crippen LogP contribution in [0.4, 0.5) is 0 Å².